The standard InChI is InChI=1S/C18H19N5O/c24-18(16-9-10-19-22-16)21-15-7-4-8-17-14(15)11-20-23(17)12-13-5-2-1-3-6-13/h1-3,5-6,9-11,15H,4,7-8,12H2,(H,19,22)(H,21,24). The number of H-pyrrole nitrogens is 1. The summed E-state index contributed by atoms with van der Waals surface area (Å²) in [5.41, 5.74) is 4.07. The van der Waals surface area contributed by atoms with E-state index in [0.717, 1.165) is 31.4 Å². The van der Waals surface area contributed by atoms with Crippen molar-refractivity contribution in [3.05, 3.63) is 71.3 Å². The van der Waals surface area contributed by atoms with Crippen molar-refractivity contribution < 1.29 is 4.79 Å². The van der Waals surface area contributed by atoms with E-state index in [2.05, 4.69) is 37.4 Å². The van der Waals surface area contributed by atoms with Crippen LogP contribution in [0.2, 0.25) is 0 Å². The molecular formula is C18H19N5O. The molecule has 0 spiro atoms. The lowest BCUT2D eigenvalue weighted by Crippen LogP contribution is -2.31. The van der Waals surface area contributed by atoms with Gasteiger partial charge in [0.05, 0.1) is 18.8 Å². The van der Waals surface area contributed by atoms with Crippen LogP contribution in [0.5, 0.6) is 0 Å². The SMILES string of the molecule is O=C(NC1CCCc2c1cnn2Cc1ccccc1)c1ccn[nH]1. The third kappa shape index (κ3) is 2.82. The number of nitrogens with zero attached hydrogens (tertiary/aromatic N) is 3. The van der Waals surface area contributed by atoms with Crippen LogP contribution in [-0.2, 0) is 13.0 Å². The third-order valence-corrected chi connectivity index (χ3v) is 4.49. The fourth-order valence-electron chi connectivity index (χ4n) is 3.28. The lowest BCUT2D eigenvalue weighted by Gasteiger charge is -2.24. The lowest BCUT2D eigenvalue weighted by atomic mass is 9.92. The summed E-state index contributed by atoms with van der Waals surface area (Å²) in [7, 11) is 0. The third-order valence-electron chi connectivity index (χ3n) is 4.49. The number of aromatic amines is 1. The van der Waals surface area contributed by atoms with E-state index in [9.17, 15) is 4.79 Å². The van der Waals surface area contributed by atoms with Crippen molar-refractivity contribution in [1.29, 1.82) is 0 Å². The lowest BCUT2D eigenvalue weighted by molar-refractivity contribution is 0.0927. The van der Waals surface area contributed by atoms with Crippen LogP contribution in [0.3, 0.4) is 0 Å². The van der Waals surface area contributed by atoms with Crippen molar-refractivity contribution in [3.63, 3.8) is 0 Å². The summed E-state index contributed by atoms with van der Waals surface area (Å²) in [6.45, 7) is 0.761. The van der Waals surface area contributed by atoms with Crippen molar-refractivity contribution in [2.24, 2.45) is 0 Å². The molecule has 1 atom stereocenters. The molecule has 1 aliphatic carbocycles. The number of rotatable bonds is 4. The highest BCUT2D eigenvalue weighted by atomic mass is 16.2. The van der Waals surface area contributed by atoms with E-state index in [1.54, 1.807) is 12.3 Å². The Bertz CT molecular complexity index is 822. The quantitative estimate of drug-likeness (QED) is 0.775. The second-order valence-electron chi connectivity index (χ2n) is 6.08. The van der Waals surface area contributed by atoms with Gasteiger partial charge in [-0.2, -0.15) is 10.2 Å². The van der Waals surface area contributed by atoms with Gasteiger partial charge in [-0.15, -0.1) is 0 Å². The fourth-order valence-corrected chi connectivity index (χ4v) is 3.28. The van der Waals surface area contributed by atoms with Crippen molar-refractivity contribution in [2.75, 3.05) is 0 Å². The average molecular weight is 321 g/mol. The number of nitrogens with one attached hydrogen (secondary N) is 2. The molecule has 0 radical (unpaired) electrons. The molecule has 2 aromatic heterocycles. The first-order valence-electron chi connectivity index (χ1n) is 8.20. The number of carbonyl (C=O) groups is 1. The maximum atomic E-state index is 12.3. The summed E-state index contributed by atoms with van der Waals surface area (Å²) in [6.07, 6.45) is 6.46. The van der Waals surface area contributed by atoms with Crippen molar-refractivity contribution in [2.45, 2.75) is 31.8 Å². The van der Waals surface area contributed by atoms with Crippen LogP contribution in [0.1, 0.15) is 46.2 Å². The van der Waals surface area contributed by atoms with Gasteiger partial charge in [0.15, 0.2) is 0 Å². The number of hydrogen-bond donors (Lipinski definition) is 2. The maximum Gasteiger partial charge on any atom is 0.269 e. The van der Waals surface area contributed by atoms with Gasteiger partial charge in [-0.3, -0.25) is 14.6 Å². The molecule has 2 N–H and O–H groups in total. The molecule has 0 saturated heterocycles. The molecule has 1 aliphatic rings. The van der Waals surface area contributed by atoms with E-state index in [0.29, 0.717) is 5.69 Å². The smallest absolute Gasteiger partial charge is 0.269 e. The maximum absolute atomic E-state index is 12.3. The molecule has 2 heterocycles. The van der Waals surface area contributed by atoms with Gasteiger partial charge in [-0.1, -0.05) is 30.3 Å². The summed E-state index contributed by atoms with van der Waals surface area (Å²) in [6, 6.07) is 12.0. The van der Waals surface area contributed by atoms with Crippen LogP contribution in [0.25, 0.3) is 0 Å². The summed E-state index contributed by atoms with van der Waals surface area (Å²) in [5, 5.41) is 14.2. The Labute approximate surface area is 139 Å². The minimum Gasteiger partial charge on any atom is -0.344 e. The largest absolute Gasteiger partial charge is 0.344 e. The van der Waals surface area contributed by atoms with E-state index in [4.69, 9.17) is 0 Å². The Hall–Kier alpha value is -2.89. The molecule has 0 aliphatic heterocycles. The molecule has 6 nitrogen and oxygen atoms in total. The minimum absolute atomic E-state index is 0.00840. The molecule has 1 unspecified atom stereocenters. The Morgan fingerprint density at radius 2 is 2.17 bits per heavy atom. The fraction of sp³-hybridized carbons (Fsp3) is 0.278. The second kappa shape index (κ2) is 6.31. The zero-order valence-electron chi connectivity index (χ0n) is 13.3. The van der Waals surface area contributed by atoms with Gasteiger partial charge in [-0.05, 0) is 30.9 Å². The number of hydrogen-bond acceptors (Lipinski definition) is 3. The average Bonchev–Trinajstić information content (AvgIpc) is 3.27. The summed E-state index contributed by atoms with van der Waals surface area (Å²) in [4.78, 5) is 12.3. The highest BCUT2D eigenvalue weighted by molar-refractivity contribution is 5.92. The molecule has 0 fully saturated rings. The second-order valence-corrected chi connectivity index (χ2v) is 6.08. The zero-order chi connectivity index (χ0) is 16.4. The van der Waals surface area contributed by atoms with Crippen LogP contribution in [0.15, 0.2) is 48.8 Å². The molecule has 1 aromatic carbocycles. The first kappa shape index (κ1) is 14.7. The summed E-state index contributed by atoms with van der Waals surface area (Å²) < 4.78 is 2.05. The van der Waals surface area contributed by atoms with Crippen LogP contribution in [0, 0.1) is 0 Å². The molecule has 122 valence electrons. The topological polar surface area (TPSA) is 75.6 Å². The molecule has 3 aromatic rings. The molecule has 1 amide bonds. The number of benzene rings is 1. The molecule has 4 rings (SSSR count). The number of aromatic nitrogens is 4. The van der Waals surface area contributed by atoms with Crippen LogP contribution in [0.4, 0.5) is 0 Å². The van der Waals surface area contributed by atoms with Crippen LogP contribution < -0.4 is 5.32 Å². The summed E-state index contributed by atoms with van der Waals surface area (Å²) in [5.74, 6) is -0.124. The van der Waals surface area contributed by atoms with Crippen LogP contribution >= 0.6 is 0 Å². The minimum atomic E-state index is -0.124. The predicted molar refractivity (Wildman–Crippen MR) is 89.5 cm³/mol. The van der Waals surface area contributed by atoms with E-state index < -0.39 is 0 Å². The highest BCUT2D eigenvalue weighted by Crippen LogP contribution is 2.30. The Morgan fingerprint density at radius 3 is 2.96 bits per heavy atom. The zero-order valence-corrected chi connectivity index (χ0v) is 13.3. The van der Waals surface area contributed by atoms with Crippen molar-refractivity contribution in [3.8, 4) is 0 Å². The van der Waals surface area contributed by atoms with Gasteiger partial charge >= 0.3 is 0 Å². The van der Waals surface area contributed by atoms with Gasteiger partial charge in [0, 0.05) is 17.5 Å². The van der Waals surface area contributed by atoms with E-state index in [1.165, 1.54) is 11.3 Å². The first-order chi connectivity index (χ1) is 11.8. The highest BCUT2D eigenvalue weighted by Gasteiger charge is 2.26. The van der Waals surface area contributed by atoms with E-state index >= 15 is 0 Å². The van der Waals surface area contributed by atoms with Gasteiger partial charge in [0.2, 0.25) is 0 Å². The molecular weight excluding hydrogens is 302 g/mol. The normalized spacial score (nSPS) is 16.6. The Kier molecular flexibility index (Phi) is 3.86. The Morgan fingerprint density at radius 1 is 1.29 bits per heavy atom. The van der Waals surface area contributed by atoms with E-state index in [1.807, 2.05) is 24.4 Å². The van der Waals surface area contributed by atoms with E-state index in [-0.39, 0.29) is 11.9 Å². The molecule has 0 bridgehead atoms. The molecule has 24 heavy (non-hydrogen) atoms. The monoisotopic (exact) mass is 321 g/mol. The summed E-state index contributed by atoms with van der Waals surface area (Å²) >= 11 is 0. The number of fused-ring (bicyclic) bond motifs is 1. The molecule has 0 saturated carbocycles. The number of amides is 1. The number of carbonyl (C=O) groups excluding carboxylic acids is 1. The van der Waals surface area contributed by atoms with Gasteiger partial charge < -0.3 is 5.32 Å². The van der Waals surface area contributed by atoms with Crippen molar-refractivity contribution >= 4 is 5.91 Å². The molecule has 6 heteroatoms. The van der Waals surface area contributed by atoms with Gasteiger partial charge in [-0.25, -0.2) is 0 Å². The Balaban J connectivity index is 1.54. The van der Waals surface area contributed by atoms with Crippen LogP contribution in [-0.4, -0.2) is 25.9 Å². The first-order valence-corrected chi connectivity index (χ1v) is 8.20. The van der Waals surface area contributed by atoms with Gasteiger partial charge in [0.25, 0.3) is 5.91 Å². The predicted octanol–water partition coefficient (Wildman–Crippen LogP) is 2.46. The van der Waals surface area contributed by atoms with Crippen molar-refractivity contribution in [1.82, 2.24) is 25.3 Å². The van der Waals surface area contributed by atoms with Gasteiger partial charge in [0.1, 0.15) is 5.69 Å².